The van der Waals surface area contributed by atoms with Gasteiger partial charge in [0.15, 0.2) is 0 Å². The predicted molar refractivity (Wildman–Crippen MR) is 74.6 cm³/mol. The fourth-order valence-electron chi connectivity index (χ4n) is 2.12. The summed E-state index contributed by atoms with van der Waals surface area (Å²) < 4.78 is 0. The summed E-state index contributed by atoms with van der Waals surface area (Å²) in [5.41, 5.74) is 2.05. The molecule has 0 aliphatic heterocycles. The molecule has 0 spiro atoms. The van der Waals surface area contributed by atoms with Crippen LogP contribution in [0.2, 0.25) is 0 Å². The van der Waals surface area contributed by atoms with Crippen molar-refractivity contribution < 1.29 is 15.0 Å². The Kier molecular flexibility index (Phi) is 5.30. The van der Waals surface area contributed by atoms with Crippen molar-refractivity contribution in [1.82, 2.24) is 4.98 Å². The highest BCUT2D eigenvalue weighted by molar-refractivity contribution is 5.95. The van der Waals surface area contributed by atoms with Crippen molar-refractivity contribution in [3.63, 3.8) is 0 Å². The van der Waals surface area contributed by atoms with Crippen LogP contribution >= 0.6 is 0 Å². The van der Waals surface area contributed by atoms with E-state index in [1.54, 1.807) is 13.0 Å². The lowest BCUT2D eigenvalue weighted by atomic mass is 10.00. The monoisotopic (exact) mass is 266 g/mol. The number of aromatic nitrogens is 1. The summed E-state index contributed by atoms with van der Waals surface area (Å²) in [4.78, 5) is 15.5. The van der Waals surface area contributed by atoms with Gasteiger partial charge in [0.1, 0.15) is 5.56 Å². The number of aromatic carboxylic acids is 1. The van der Waals surface area contributed by atoms with Gasteiger partial charge >= 0.3 is 5.97 Å². The van der Waals surface area contributed by atoms with Gasteiger partial charge in [0.05, 0.1) is 11.4 Å². The Bertz CT molecular complexity index is 458. The Labute approximate surface area is 113 Å². The predicted octanol–water partition coefficient (Wildman–Crippen LogP) is 2.22. The molecule has 5 nitrogen and oxygen atoms in total. The van der Waals surface area contributed by atoms with Crippen LogP contribution in [0, 0.1) is 19.8 Å². The number of anilines is 1. The van der Waals surface area contributed by atoms with E-state index in [1.165, 1.54) is 0 Å². The van der Waals surface area contributed by atoms with Crippen molar-refractivity contribution in [3.8, 4) is 0 Å². The van der Waals surface area contributed by atoms with Gasteiger partial charge in [0, 0.05) is 18.3 Å². The van der Waals surface area contributed by atoms with Crippen molar-refractivity contribution >= 4 is 11.7 Å². The number of aliphatic hydroxyl groups excluding tert-OH is 1. The Morgan fingerprint density at radius 1 is 1.42 bits per heavy atom. The maximum atomic E-state index is 11.3. The van der Waals surface area contributed by atoms with Crippen LogP contribution in [0.5, 0.6) is 0 Å². The summed E-state index contributed by atoms with van der Waals surface area (Å²) in [5, 5.41) is 21.6. The Morgan fingerprint density at radius 3 is 2.53 bits per heavy atom. The van der Waals surface area contributed by atoms with Crippen LogP contribution in [0.4, 0.5) is 5.69 Å². The van der Waals surface area contributed by atoms with Crippen LogP contribution in [0.1, 0.15) is 42.0 Å². The quantitative estimate of drug-likeness (QED) is 0.735. The first-order valence-corrected chi connectivity index (χ1v) is 6.45. The third-order valence-electron chi connectivity index (χ3n) is 3.13. The number of hydrogen-bond acceptors (Lipinski definition) is 4. The van der Waals surface area contributed by atoms with E-state index in [1.807, 2.05) is 20.8 Å². The lowest BCUT2D eigenvalue weighted by Gasteiger charge is -2.24. The number of pyridine rings is 1. The van der Waals surface area contributed by atoms with Gasteiger partial charge in [-0.2, -0.15) is 0 Å². The molecule has 0 radical (unpaired) electrons. The summed E-state index contributed by atoms with van der Waals surface area (Å²) in [6.45, 7) is 7.67. The first kappa shape index (κ1) is 15.4. The Morgan fingerprint density at radius 2 is 2.05 bits per heavy atom. The molecule has 1 atom stereocenters. The molecule has 0 amide bonds. The second-order valence-electron chi connectivity index (χ2n) is 5.08. The zero-order valence-corrected chi connectivity index (χ0v) is 11.9. The minimum absolute atomic E-state index is 0.0318. The summed E-state index contributed by atoms with van der Waals surface area (Å²) >= 11 is 0. The van der Waals surface area contributed by atoms with Crippen LogP contribution in [0.15, 0.2) is 6.07 Å². The second kappa shape index (κ2) is 6.52. The number of carbonyl (C=O) groups is 1. The van der Waals surface area contributed by atoms with E-state index in [0.717, 1.165) is 5.69 Å². The minimum Gasteiger partial charge on any atom is -0.478 e. The molecule has 0 saturated heterocycles. The van der Waals surface area contributed by atoms with Crippen LogP contribution in [-0.4, -0.2) is 33.8 Å². The van der Waals surface area contributed by atoms with E-state index >= 15 is 0 Å². The molecule has 1 aromatic rings. The summed E-state index contributed by atoms with van der Waals surface area (Å²) in [6.07, 6.45) is 0.580. The van der Waals surface area contributed by atoms with Crippen molar-refractivity contribution in [1.29, 1.82) is 0 Å². The summed E-state index contributed by atoms with van der Waals surface area (Å²) in [7, 11) is 0. The van der Waals surface area contributed by atoms with Crippen molar-refractivity contribution in [2.75, 3.05) is 11.9 Å². The number of nitrogens with one attached hydrogen (secondary N) is 1. The molecular weight excluding hydrogens is 244 g/mol. The van der Waals surface area contributed by atoms with Gasteiger partial charge in [-0.05, 0) is 32.3 Å². The normalized spacial score (nSPS) is 12.5. The van der Waals surface area contributed by atoms with Crippen LogP contribution in [-0.2, 0) is 0 Å². The van der Waals surface area contributed by atoms with Crippen molar-refractivity contribution in [3.05, 3.63) is 23.0 Å². The van der Waals surface area contributed by atoms with Gasteiger partial charge in [0.25, 0.3) is 0 Å². The van der Waals surface area contributed by atoms with Gasteiger partial charge in [-0.25, -0.2) is 4.79 Å². The fourth-order valence-corrected chi connectivity index (χ4v) is 2.12. The van der Waals surface area contributed by atoms with Gasteiger partial charge in [-0.3, -0.25) is 4.98 Å². The molecule has 106 valence electrons. The van der Waals surface area contributed by atoms with E-state index in [0.29, 0.717) is 23.7 Å². The fraction of sp³-hybridized carbons (Fsp3) is 0.571. The van der Waals surface area contributed by atoms with Crippen LogP contribution in [0.3, 0.4) is 0 Å². The molecule has 1 heterocycles. The van der Waals surface area contributed by atoms with Crippen LogP contribution < -0.4 is 5.32 Å². The number of carboxylic acid groups (broad SMARTS) is 1. The Balaban J connectivity index is 3.14. The highest BCUT2D eigenvalue weighted by Gasteiger charge is 2.19. The number of aliphatic hydroxyl groups is 1. The minimum atomic E-state index is -0.987. The number of aryl methyl sites for hydroxylation is 2. The highest BCUT2D eigenvalue weighted by Crippen LogP contribution is 2.23. The zero-order valence-electron chi connectivity index (χ0n) is 11.9. The molecule has 1 aromatic heterocycles. The SMILES string of the molecule is Cc1cc(NC(CCO)C(C)C)c(C(=O)O)c(C)n1. The maximum absolute atomic E-state index is 11.3. The van der Waals surface area contributed by atoms with Crippen molar-refractivity contribution in [2.24, 2.45) is 5.92 Å². The first-order valence-electron chi connectivity index (χ1n) is 6.45. The van der Waals surface area contributed by atoms with Crippen LogP contribution in [0.25, 0.3) is 0 Å². The number of carboxylic acids is 1. The molecule has 0 aliphatic rings. The van der Waals surface area contributed by atoms with E-state index in [-0.39, 0.29) is 18.2 Å². The van der Waals surface area contributed by atoms with Gasteiger partial charge < -0.3 is 15.5 Å². The standard InChI is InChI=1S/C14H22N2O3/c1-8(2)11(5-6-17)16-12-7-9(3)15-10(4)13(12)14(18)19/h7-8,11,17H,5-6H2,1-4H3,(H,15,16)(H,18,19). The van der Waals surface area contributed by atoms with Gasteiger partial charge in [-0.1, -0.05) is 13.8 Å². The lowest BCUT2D eigenvalue weighted by Crippen LogP contribution is -2.28. The first-order chi connectivity index (χ1) is 8.86. The second-order valence-corrected chi connectivity index (χ2v) is 5.08. The smallest absolute Gasteiger partial charge is 0.339 e. The van der Waals surface area contributed by atoms with E-state index in [4.69, 9.17) is 5.11 Å². The van der Waals surface area contributed by atoms with E-state index in [9.17, 15) is 9.90 Å². The van der Waals surface area contributed by atoms with E-state index < -0.39 is 5.97 Å². The van der Waals surface area contributed by atoms with Gasteiger partial charge in [0.2, 0.25) is 0 Å². The molecule has 0 bridgehead atoms. The van der Waals surface area contributed by atoms with E-state index in [2.05, 4.69) is 10.3 Å². The summed E-state index contributed by atoms with van der Waals surface area (Å²) in [5.74, 6) is -0.693. The molecule has 0 aromatic carbocycles. The van der Waals surface area contributed by atoms with Gasteiger partial charge in [-0.15, -0.1) is 0 Å². The molecule has 0 aliphatic carbocycles. The highest BCUT2D eigenvalue weighted by atomic mass is 16.4. The third-order valence-corrected chi connectivity index (χ3v) is 3.13. The molecule has 3 N–H and O–H groups in total. The zero-order chi connectivity index (χ0) is 14.6. The number of hydrogen-bond donors (Lipinski definition) is 3. The third kappa shape index (κ3) is 3.92. The molecule has 5 heteroatoms. The average Bonchev–Trinajstić information content (AvgIpc) is 2.26. The Hall–Kier alpha value is -1.62. The average molecular weight is 266 g/mol. The molecule has 1 unspecified atom stereocenters. The molecule has 0 saturated carbocycles. The number of rotatable bonds is 6. The summed E-state index contributed by atoms with van der Waals surface area (Å²) in [6, 6.07) is 1.77. The largest absolute Gasteiger partial charge is 0.478 e. The molecule has 19 heavy (non-hydrogen) atoms. The topological polar surface area (TPSA) is 82.5 Å². The molecule has 1 rings (SSSR count). The van der Waals surface area contributed by atoms with Crippen molar-refractivity contribution in [2.45, 2.75) is 40.2 Å². The lowest BCUT2D eigenvalue weighted by molar-refractivity contribution is 0.0696. The number of nitrogens with zero attached hydrogens (tertiary/aromatic N) is 1. The molecule has 0 fully saturated rings. The molecular formula is C14H22N2O3. The maximum Gasteiger partial charge on any atom is 0.339 e.